The number of halogens is 1. The highest BCUT2D eigenvalue weighted by Crippen LogP contribution is 2.22. The fourth-order valence-corrected chi connectivity index (χ4v) is 3.32. The van der Waals surface area contributed by atoms with Gasteiger partial charge in [0.05, 0.1) is 17.5 Å². The summed E-state index contributed by atoms with van der Waals surface area (Å²) in [5.41, 5.74) is 1.49. The summed E-state index contributed by atoms with van der Waals surface area (Å²) in [6.07, 6.45) is 6.70. The Balaban J connectivity index is 1.48. The predicted octanol–water partition coefficient (Wildman–Crippen LogP) is 2.40. The molecule has 3 heterocycles. The maximum Gasteiger partial charge on any atom is 0.255 e. The first-order valence-corrected chi connectivity index (χ1v) is 8.83. The standard InChI is InChI=1S/C19H19FN6O/c20-14-5-1-4-13(10-14)17-16(11-23-25-17)18(27)24-15-6-2-9-26(12-15)19-21-7-3-8-22-19/h1,3-5,7-8,10-11,15H,2,6,9,12H2,(H,23,25)(H,24,27)/t15-/m1/s1. The smallest absolute Gasteiger partial charge is 0.255 e. The average molecular weight is 366 g/mol. The van der Waals surface area contributed by atoms with Gasteiger partial charge in [-0.25, -0.2) is 14.4 Å². The van der Waals surface area contributed by atoms with Crippen molar-refractivity contribution in [3.63, 3.8) is 0 Å². The van der Waals surface area contributed by atoms with E-state index in [1.54, 1.807) is 30.6 Å². The van der Waals surface area contributed by atoms with Crippen LogP contribution in [0.25, 0.3) is 11.3 Å². The Labute approximate surface area is 155 Å². The Kier molecular flexibility index (Phi) is 4.78. The van der Waals surface area contributed by atoms with Gasteiger partial charge in [0.1, 0.15) is 5.82 Å². The molecule has 1 atom stereocenters. The highest BCUT2D eigenvalue weighted by atomic mass is 19.1. The number of nitrogens with one attached hydrogen (secondary N) is 2. The van der Waals surface area contributed by atoms with Crippen LogP contribution in [0.2, 0.25) is 0 Å². The molecule has 138 valence electrons. The molecule has 1 aliphatic heterocycles. The molecule has 0 unspecified atom stereocenters. The molecule has 2 N–H and O–H groups in total. The van der Waals surface area contributed by atoms with Crippen LogP contribution in [0.5, 0.6) is 0 Å². The number of hydrogen-bond donors (Lipinski definition) is 2. The Morgan fingerprint density at radius 2 is 2.11 bits per heavy atom. The molecule has 0 saturated carbocycles. The number of rotatable bonds is 4. The number of carbonyl (C=O) groups excluding carboxylic acids is 1. The lowest BCUT2D eigenvalue weighted by atomic mass is 10.0. The third-order valence-electron chi connectivity index (χ3n) is 4.59. The summed E-state index contributed by atoms with van der Waals surface area (Å²) in [5.74, 6) is 0.0725. The summed E-state index contributed by atoms with van der Waals surface area (Å²) >= 11 is 0. The Morgan fingerprint density at radius 1 is 1.26 bits per heavy atom. The molecule has 1 amide bonds. The quantitative estimate of drug-likeness (QED) is 0.740. The van der Waals surface area contributed by atoms with Crippen LogP contribution < -0.4 is 10.2 Å². The molecule has 7 nitrogen and oxygen atoms in total. The van der Waals surface area contributed by atoms with E-state index in [0.717, 1.165) is 19.4 Å². The minimum Gasteiger partial charge on any atom is -0.347 e. The summed E-state index contributed by atoms with van der Waals surface area (Å²) in [6, 6.07) is 7.83. The number of hydrogen-bond acceptors (Lipinski definition) is 5. The Morgan fingerprint density at radius 3 is 2.93 bits per heavy atom. The zero-order valence-electron chi connectivity index (χ0n) is 14.6. The molecule has 8 heteroatoms. The molecule has 1 saturated heterocycles. The molecular formula is C19H19FN6O. The zero-order chi connectivity index (χ0) is 18.6. The second-order valence-electron chi connectivity index (χ2n) is 6.48. The van der Waals surface area contributed by atoms with Gasteiger partial charge in [-0.1, -0.05) is 12.1 Å². The monoisotopic (exact) mass is 366 g/mol. The first-order valence-electron chi connectivity index (χ1n) is 8.83. The maximum atomic E-state index is 13.5. The van der Waals surface area contributed by atoms with Gasteiger partial charge in [0.15, 0.2) is 0 Å². The number of carbonyl (C=O) groups is 1. The van der Waals surface area contributed by atoms with E-state index in [-0.39, 0.29) is 17.8 Å². The van der Waals surface area contributed by atoms with E-state index in [2.05, 4.69) is 30.4 Å². The molecular weight excluding hydrogens is 347 g/mol. The third kappa shape index (κ3) is 3.79. The molecule has 4 rings (SSSR count). The summed E-state index contributed by atoms with van der Waals surface area (Å²) in [4.78, 5) is 23.4. The minimum absolute atomic E-state index is 0.0229. The Hall–Kier alpha value is -3.29. The van der Waals surface area contributed by atoms with E-state index in [9.17, 15) is 9.18 Å². The largest absolute Gasteiger partial charge is 0.347 e. The fraction of sp³-hybridized carbons (Fsp3) is 0.263. The minimum atomic E-state index is -0.362. The van der Waals surface area contributed by atoms with E-state index in [1.807, 2.05) is 0 Å². The number of anilines is 1. The van der Waals surface area contributed by atoms with E-state index >= 15 is 0 Å². The molecule has 0 spiro atoms. The first kappa shape index (κ1) is 17.1. The van der Waals surface area contributed by atoms with E-state index < -0.39 is 0 Å². The van der Waals surface area contributed by atoms with Crippen LogP contribution in [-0.2, 0) is 0 Å². The van der Waals surface area contributed by atoms with Gasteiger partial charge in [-0.3, -0.25) is 9.89 Å². The van der Waals surface area contributed by atoms with Crippen molar-refractivity contribution < 1.29 is 9.18 Å². The molecule has 1 fully saturated rings. The van der Waals surface area contributed by atoms with Gasteiger partial charge in [-0.2, -0.15) is 5.10 Å². The second kappa shape index (κ2) is 7.53. The number of piperidine rings is 1. The number of aromatic nitrogens is 4. The molecule has 2 aromatic heterocycles. The van der Waals surface area contributed by atoms with Gasteiger partial charge in [-0.15, -0.1) is 0 Å². The molecule has 0 aliphatic carbocycles. The molecule has 0 bridgehead atoms. The summed E-state index contributed by atoms with van der Waals surface area (Å²) in [6.45, 7) is 1.50. The van der Waals surface area contributed by atoms with Crippen molar-refractivity contribution in [2.24, 2.45) is 0 Å². The topological polar surface area (TPSA) is 86.8 Å². The Bertz CT molecular complexity index is 929. The van der Waals surface area contributed by atoms with Crippen molar-refractivity contribution in [1.82, 2.24) is 25.5 Å². The van der Waals surface area contributed by atoms with Gasteiger partial charge in [-0.05, 0) is 31.0 Å². The van der Waals surface area contributed by atoms with Gasteiger partial charge in [0, 0.05) is 37.1 Å². The van der Waals surface area contributed by atoms with Crippen molar-refractivity contribution in [3.05, 3.63) is 60.3 Å². The van der Waals surface area contributed by atoms with Crippen LogP contribution >= 0.6 is 0 Å². The average Bonchev–Trinajstić information content (AvgIpc) is 3.19. The molecule has 1 aliphatic rings. The van der Waals surface area contributed by atoms with Gasteiger partial charge < -0.3 is 10.2 Å². The molecule has 27 heavy (non-hydrogen) atoms. The van der Waals surface area contributed by atoms with E-state index in [1.165, 1.54) is 18.3 Å². The second-order valence-corrected chi connectivity index (χ2v) is 6.48. The van der Waals surface area contributed by atoms with Gasteiger partial charge in [0.2, 0.25) is 5.95 Å². The first-order chi connectivity index (χ1) is 13.2. The molecule has 0 radical (unpaired) electrons. The number of amides is 1. The molecule has 1 aromatic carbocycles. The fourth-order valence-electron chi connectivity index (χ4n) is 3.32. The summed E-state index contributed by atoms with van der Waals surface area (Å²) in [7, 11) is 0. The normalized spacial score (nSPS) is 16.9. The summed E-state index contributed by atoms with van der Waals surface area (Å²) in [5, 5.41) is 9.82. The van der Waals surface area contributed by atoms with Gasteiger partial charge >= 0.3 is 0 Å². The third-order valence-corrected chi connectivity index (χ3v) is 4.59. The highest BCUT2D eigenvalue weighted by molar-refractivity contribution is 5.99. The summed E-state index contributed by atoms with van der Waals surface area (Å²) < 4.78 is 13.5. The van der Waals surface area contributed by atoms with E-state index in [0.29, 0.717) is 29.3 Å². The molecule has 3 aromatic rings. The number of benzene rings is 1. The number of H-pyrrole nitrogens is 1. The van der Waals surface area contributed by atoms with E-state index in [4.69, 9.17) is 0 Å². The van der Waals surface area contributed by atoms with Crippen LogP contribution in [0.3, 0.4) is 0 Å². The maximum absolute atomic E-state index is 13.5. The number of nitrogens with zero attached hydrogens (tertiary/aromatic N) is 4. The SMILES string of the molecule is O=C(N[C@@H]1CCCN(c2ncccn2)C1)c1cn[nH]c1-c1cccc(F)c1. The number of aromatic amines is 1. The van der Waals surface area contributed by atoms with Crippen molar-refractivity contribution >= 4 is 11.9 Å². The van der Waals surface area contributed by atoms with Crippen LogP contribution in [0.1, 0.15) is 23.2 Å². The van der Waals surface area contributed by atoms with Crippen LogP contribution in [0.4, 0.5) is 10.3 Å². The lowest BCUT2D eigenvalue weighted by Crippen LogP contribution is -2.48. The lowest BCUT2D eigenvalue weighted by Gasteiger charge is -2.33. The highest BCUT2D eigenvalue weighted by Gasteiger charge is 2.25. The van der Waals surface area contributed by atoms with Crippen molar-refractivity contribution in [2.75, 3.05) is 18.0 Å². The predicted molar refractivity (Wildman–Crippen MR) is 98.7 cm³/mol. The van der Waals surface area contributed by atoms with Gasteiger partial charge in [0.25, 0.3) is 5.91 Å². The van der Waals surface area contributed by atoms with Crippen molar-refractivity contribution in [3.8, 4) is 11.3 Å². The lowest BCUT2D eigenvalue weighted by molar-refractivity contribution is 0.0933. The van der Waals surface area contributed by atoms with Crippen LogP contribution in [0.15, 0.2) is 48.9 Å². The van der Waals surface area contributed by atoms with Crippen molar-refractivity contribution in [2.45, 2.75) is 18.9 Å². The van der Waals surface area contributed by atoms with Crippen LogP contribution in [0, 0.1) is 5.82 Å². The van der Waals surface area contributed by atoms with Crippen molar-refractivity contribution in [1.29, 1.82) is 0 Å². The zero-order valence-corrected chi connectivity index (χ0v) is 14.6. The van der Waals surface area contributed by atoms with Crippen LogP contribution in [-0.4, -0.2) is 45.2 Å².